The van der Waals surface area contributed by atoms with Crippen LogP contribution >= 0.6 is 0 Å². The van der Waals surface area contributed by atoms with Gasteiger partial charge in [0.2, 0.25) is 10.4 Å². The van der Waals surface area contributed by atoms with Crippen LogP contribution in [0.25, 0.3) is 0 Å². The van der Waals surface area contributed by atoms with Crippen molar-refractivity contribution in [3.63, 3.8) is 0 Å². The number of nitrogens with zero attached hydrogens (tertiary/aromatic N) is 5. The van der Waals surface area contributed by atoms with E-state index in [9.17, 15) is 22.6 Å². The van der Waals surface area contributed by atoms with Crippen LogP contribution < -0.4 is 40.4 Å². The Morgan fingerprint density at radius 2 is 2.17 bits per heavy atom. The Hall–Kier alpha value is -1.33. The number of urea groups is 1. The molecule has 30 heavy (non-hydrogen) atoms. The first-order valence-electron chi connectivity index (χ1n) is 9.08. The van der Waals surface area contributed by atoms with Crippen molar-refractivity contribution in [3.05, 3.63) is 12.4 Å². The molecule has 0 unspecified atom stereocenters. The molecule has 0 saturated carbocycles. The number of rotatable bonds is 7. The normalized spacial score (nSPS) is 28.5. The molecule has 16 heteroatoms. The van der Waals surface area contributed by atoms with Crippen LogP contribution in [0.15, 0.2) is 12.4 Å². The summed E-state index contributed by atoms with van der Waals surface area (Å²) in [5.74, 6) is -0.519. The molecule has 14 nitrogen and oxygen atoms in total. The Labute approximate surface area is 194 Å². The van der Waals surface area contributed by atoms with Crippen LogP contribution in [-0.4, -0.2) is 87.7 Å². The van der Waals surface area contributed by atoms with Crippen molar-refractivity contribution >= 4 is 22.3 Å². The number of fused-ring (bicyclic) bond motifs is 2. The van der Waals surface area contributed by atoms with Gasteiger partial charge in [0.15, 0.2) is 0 Å². The standard InChI is InChI=1S/C14H21N7O7S.Na/c22-13(17-27-8-9-5-11(6-15-9)20-4-3-16-18-20)12-2-1-10-7-19(12)14(23)21(10)28-29(24,25)26;/h3-4,9-12,15H,1-2,5-8H2,(H,17,22)(H,24,25,26);/q;+1/p-1/t9-,10+,11+,12-;/m0./s1. The third-order valence-corrected chi connectivity index (χ3v) is 5.61. The minimum absolute atomic E-state index is 0. The maximum absolute atomic E-state index is 12.4. The van der Waals surface area contributed by atoms with Crippen molar-refractivity contribution in [2.45, 2.75) is 43.4 Å². The van der Waals surface area contributed by atoms with Gasteiger partial charge in [-0.25, -0.2) is 23.4 Å². The van der Waals surface area contributed by atoms with E-state index >= 15 is 0 Å². The van der Waals surface area contributed by atoms with Crippen molar-refractivity contribution in [1.82, 2.24) is 35.8 Å². The first kappa shape index (κ1) is 23.3. The summed E-state index contributed by atoms with van der Waals surface area (Å²) >= 11 is 0. The Bertz CT molecular complexity index is 870. The molecule has 1 aromatic rings. The quantitative estimate of drug-likeness (QED) is 0.176. The van der Waals surface area contributed by atoms with E-state index in [-0.39, 0.29) is 54.8 Å². The molecule has 3 aliphatic heterocycles. The molecule has 0 spiro atoms. The van der Waals surface area contributed by atoms with E-state index in [2.05, 4.69) is 25.4 Å². The van der Waals surface area contributed by atoms with E-state index in [1.807, 2.05) is 0 Å². The molecule has 3 amide bonds. The summed E-state index contributed by atoms with van der Waals surface area (Å²) in [6, 6.07) is -2.09. The summed E-state index contributed by atoms with van der Waals surface area (Å²) in [7, 11) is -5.08. The van der Waals surface area contributed by atoms with Crippen LogP contribution in [0.4, 0.5) is 4.79 Å². The van der Waals surface area contributed by atoms with Gasteiger partial charge in [-0.15, -0.1) is 5.10 Å². The van der Waals surface area contributed by atoms with E-state index in [0.717, 1.165) is 6.42 Å². The van der Waals surface area contributed by atoms with Gasteiger partial charge in [0, 0.05) is 25.3 Å². The van der Waals surface area contributed by atoms with Crippen LogP contribution in [0.3, 0.4) is 0 Å². The summed E-state index contributed by atoms with van der Waals surface area (Å²) in [5.41, 5.74) is 2.35. The fourth-order valence-corrected chi connectivity index (χ4v) is 4.30. The predicted octanol–water partition coefficient (Wildman–Crippen LogP) is -5.11. The number of carbonyl (C=O) groups is 2. The van der Waals surface area contributed by atoms with Crippen LogP contribution in [0, 0.1) is 0 Å². The summed E-state index contributed by atoms with van der Waals surface area (Å²) in [6.07, 6.45) is 4.76. The molecule has 4 heterocycles. The molecular formula is C14H20N7NaO7S. The molecule has 3 aliphatic rings. The molecule has 0 radical (unpaired) electrons. The molecule has 3 fully saturated rings. The molecule has 0 aromatic carbocycles. The van der Waals surface area contributed by atoms with Crippen molar-refractivity contribution in [3.8, 4) is 0 Å². The number of hydroxylamine groups is 3. The Balaban J connectivity index is 0.00000256. The minimum atomic E-state index is -5.08. The Morgan fingerprint density at radius 1 is 1.37 bits per heavy atom. The van der Waals surface area contributed by atoms with Crippen LogP contribution in [0.1, 0.15) is 25.3 Å². The summed E-state index contributed by atoms with van der Waals surface area (Å²) < 4.78 is 38.4. The van der Waals surface area contributed by atoms with E-state index in [1.165, 1.54) is 4.90 Å². The second-order valence-corrected chi connectivity index (χ2v) is 8.11. The van der Waals surface area contributed by atoms with Crippen LogP contribution in [0.2, 0.25) is 0 Å². The Kier molecular flexibility index (Phi) is 7.34. The minimum Gasteiger partial charge on any atom is -0.724 e. The van der Waals surface area contributed by atoms with Crippen molar-refractivity contribution in [1.29, 1.82) is 0 Å². The van der Waals surface area contributed by atoms with E-state index in [1.54, 1.807) is 17.1 Å². The molecule has 1 aromatic heterocycles. The fraction of sp³-hybridized carbons (Fsp3) is 0.714. The van der Waals surface area contributed by atoms with E-state index in [0.29, 0.717) is 24.4 Å². The topological polar surface area (TPSA) is 171 Å². The third-order valence-electron chi connectivity index (χ3n) is 5.27. The third kappa shape index (κ3) is 5.11. The SMILES string of the molecule is O=C(NOC[C@@H]1C[C@@H](n2ccnn2)CN1)[C@@H]1CC[C@@H]2CN1C(=O)N2OS(=O)(=O)[O-].[Na+]. The fourth-order valence-electron chi connectivity index (χ4n) is 3.92. The maximum Gasteiger partial charge on any atom is 1.00 e. The van der Waals surface area contributed by atoms with Gasteiger partial charge in [0.1, 0.15) is 6.04 Å². The number of aromatic nitrogens is 3. The molecule has 3 saturated heterocycles. The van der Waals surface area contributed by atoms with Gasteiger partial charge in [-0.3, -0.25) is 9.63 Å². The monoisotopic (exact) mass is 453 g/mol. The number of amides is 3. The smallest absolute Gasteiger partial charge is 0.724 e. The summed E-state index contributed by atoms with van der Waals surface area (Å²) in [6.45, 7) is 1.02. The number of hydrogen-bond donors (Lipinski definition) is 2. The van der Waals surface area contributed by atoms with Gasteiger partial charge < -0.3 is 14.8 Å². The number of hydrogen-bond acceptors (Lipinski definition) is 10. The molecule has 160 valence electrons. The number of carbonyl (C=O) groups excluding carboxylic acids is 2. The van der Waals surface area contributed by atoms with Gasteiger partial charge >= 0.3 is 35.6 Å². The predicted molar refractivity (Wildman–Crippen MR) is 91.1 cm³/mol. The average Bonchev–Trinajstić information content (AvgIpc) is 3.39. The molecule has 2 N–H and O–H groups in total. The molecule has 0 aliphatic carbocycles. The Morgan fingerprint density at radius 3 is 2.87 bits per heavy atom. The van der Waals surface area contributed by atoms with Crippen LogP contribution in [0.5, 0.6) is 0 Å². The average molecular weight is 453 g/mol. The first-order chi connectivity index (χ1) is 13.8. The molecule has 2 bridgehead atoms. The zero-order chi connectivity index (χ0) is 20.6. The van der Waals surface area contributed by atoms with Gasteiger partial charge in [-0.05, 0) is 19.3 Å². The molecular weight excluding hydrogens is 433 g/mol. The number of nitrogens with one attached hydrogen (secondary N) is 2. The second kappa shape index (κ2) is 9.44. The summed E-state index contributed by atoms with van der Waals surface area (Å²) in [4.78, 5) is 31.2. The molecule has 4 rings (SSSR count). The summed E-state index contributed by atoms with van der Waals surface area (Å²) in [5, 5.41) is 11.5. The van der Waals surface area contributed by atoms with E-state index in [4.69, 9.17) is 4.84 Å². The number of piperidine rings is 1. The second-order valence-electron chi connectivity index (χ2n) is 7.15. The first-order valence-corrected chi connectivity index (χ1v) is 10.4. The van der Waals surface area contributed by atoms with Crippen LogP contribution in [-0.2, 0) is 24.3 Å². The van der Waals surface area contributed by atoms with Gasteiger partial charge in [-0.1, -0.05) is 5.21 Å². The van der Waals surface area contributed by atoms with Crippen molar-refractivity contribution in [2.75, 3.05) is 19.7 Å². The molecule has 4 atom stereocenters. The largest absolute Gasteiger partial charge is 1.00 e. The van der Waals surface area contributed by atoms with Crippen molar-refractivity contribution < 1.29 is 61.2 Å². The van der Waals surface area contributed by atoms with Gasteiger partial charge in [-0.2, -0.15) is 9.35 Å². The van der Waals surface area contributed by atoms with Gasteiger partial charge in [0.05, 0.1) is 24.9 Å². The maximum atomic E-state index is 12.4. The zero-order valence-corrected chi connectivity index (χ0v) is 19.0. The van der Waals surface area contributed by atoms with E-state index < -0.39 is 34.4 Å². The zero-order valence-electron chi connectivity index (χ0n) is 16.2. The van der Waals surface area contributed by atoms with Crippen molar-refractivity contribution in [2.24, 2.45) is 0 Å². The van der Waals surface area contributed by atoms with Gasteiger partial charge in [0.25, 0.3) is 5.91 Å².